The summed E-state index contributed by atoms with van der Waals surface area (Å²) in [5.41, 5.74) is 0. The first kappa shape index (κ1) is 12.9. The fourth-order valence-electron chi connectivity index (χ4n) is 0.745. The second-order valence-corrected chi connectivity index (χ2v) is 5.20. The maximum Gasteiger partial charge on any atom is 0.443 e. The fraction of sp³-hybridized carbons (Fsp3) is 1.00. The molecule has 0 spiro atoms. The number of rotatable bonds is 0. The van der Waals surface area contributed by atoms with Crippen LogP contribution in [0.25, 0.3) is 0 Å². The number of ether oxygens (including phenoxy) is 2. The molecule has 0 unspecified atom stereocenters. The van der Waals surface area contributed by atoms with E-state index in [1.54, 1.807) is 0 Å². The molecule has 0 radical (unpaired) electrons. The molecule has 0 aliphatic carbocycles. The van der Waals surface area contributed by atoms with Crippen molar-refractivity contribution >= 4 is 46.4 Å². The van der Waals surface area contributed by atoms with Crippen LogP contribution >= 0.6 is 46.4 Å². The number of hydrogen-bond donors (Lipinski definition) is 0. The summed E-state index contributed by atoms with van der Waals surface area (Å²) in [5, 5.41) is 0. The highest BCUT2D eigenvalue weighted by molar-refractivity contribution is 6.61. The van der Waals surface area contributed by atoms with Gasteiger partial charge in [0.15, 0.2) is 0 Å². The normalized spacial score (nSPS) is 29.1. The molecule has 0 bridgehead atoms. The molecule has 0 N–H and O–H groups in total. The van der Waals surface area contributed by atoms with Crippen LogP contribution in [0.15, 0.2) is 0 Å². The van der Waals surface area contributed by atoms with Crippen LogP contribution in [0, 0.1) is 0 Å². The summed E-state index contributed by atoms with van der Waals surface area (Å²) < 4.78 is 40.5. The molecule has 14 heavy (non-hydrogen) atoms. The maximum absolute atomic E-state index is 12.3. The van der Waals surface area contributed by atoms with Crippen LogP contribution in [-0.2, 0) is 9.47 Å². The molecule has 1 aliphatic heterocycles. The molecule has 0 atom stereocenters. The van der Waals surface area contributed by atoms with E-state index >= 15 is 0 Å². The second kappa shape index (κ2) is 3.18. The summed E-state index contributed by atoms with van der Waals surface area (Å²) in [6.45, 7) is 0.568. The zero-order valence-electron chi connectivity index (χ0n) is 6.46. The standard InChI is InChI=1S/C5H3Cl4F3O2/c1-2(5(10,11)12)13-3(6,7)4(8,9)14-2/h1H3. The van der Waals surface area contributed by atoms with Crippen LogP contribution in [-0.4, -0.2) is 21.0 Å². The molecule has 0 saturated carbocycles. The lowest BCUT2D eigenvalue weighted by Crippen LogP contribution is -2.44. The molecule has 9 heteroatoms. The Labute approximate surface area is 97.1 Å². The summed E-state index contributed by atoms with van der Waals surface area (Å²) in [6, 6.07) is 0. The van der Waals surface area contributed by atoms with Crippen LogP contribution in [0.5, 0.6) is 0 Å². The van der Waals surface area contributed by atoms with E-state index < -0.39 is 21.0 Å². The van der Waals surface area contributed by atoms with Gasteiger partial charge in [0, 0.05) is 0 Å². The van der Waals surface area contributed by atoms with Crippen molar-refractivity contribution in [2.45, 2.75) is 27.9 Å². The summed E-state index contributed by atoms with van der Waals surface area (Å²) in [6.07, 6.45) is -4.85. The highest BCUT2D eigenvalue weighted by Gasteiger charge is 2.72. The zero-order valence-corrected chi connectivity index (χ0v) is 9.49. The summed E-state index contributed by atoms with van der Waals surface area (Å²) in [7, 11) is 0. The van der Waals surface area contributed by atoms with E-state index in [0.717, 1.165) is 0 Å². The molecule has 1 fully saturated rings. The first-order chi connectivity index (χ1) is 5.91. The first-order valence-corrected chi connectivity index (χ1v) is 4.65. The summed E-state index contributed by atoms with van der Waals surface area (Å²) >= 11 is 21.2. The smallest absolute Gasteiger partial charge is 0.301 e. The highest BCUT2D eigenvalue weighted by atomic mass is 35.5. The van der Waals surface area contributed by atoms with Gasteiger partial charge in [-0.25, -0.2) is 0 Å². The predicted molar refractivity (Wildman–Crippen MR) is 45.5 cm³/mol. The Kier molecular flexibility index (Phi) is 2.94. The molecule has 1 heterocycles. The van der Waals surface area contributed by atoms with Crippen molar-refractivity contribution in [1.29, 1.82) is 0 Å². The van der Waals surface area contributed by atoms with Crippen molar-refractivity contribution < 1.29 is 22.6 Å². The summed E-state index contributed by atoms with van der Waals surface area (Å²) in [5.74, 6) is -3.03. The molecule has 1 rings (SSSR count). The Bertz CT molecular complexity index is 236. The van der Waals surface area contributed by atoms with Crippen molar-refractivity contribution in [2.24, 2.45) is 0 Å². The lowest BCUT2D eigenvalue weighted by atomic mass is 10.3. The van der Waals surface area contributed by atoms with E-state index in [4.69, 9.17) is 46.4 Å². The van der Waals surface area contributed by atoms with Crippen molar-refractivity contribution in [3.05, 3.63) is 0 Å². The van der Waals surface area contributed by atoms with Crippen LogP contribution in [0.3, 0.4) is 0 Å². The van der Waals surface area contributed by atoms with Crippen molar-refractivity contribution in [3.8, 4) is 0 Å². The van der Waals surface area contributed by atoms with Gasteiger partial charge in [-0.15, -0.1) is 0 Å². The Balaban J connectivity index is 3.03. The topological polar surface area (TPSA) is 18.5 Å². The van der Waals surface area contributed by atoms with Gasteiger partial charge in [0.05, 0.1) is 0 Å². The monoisotopic (exact) mass is 292 g/mol. The Hall–Kier alpha value is 0.870. The average Bonchev–Trinajstić information content (AvgIpc) is 1.95. The van der Waals surface area contributed by atoms with Crippen LogP contribution < -0.4 is 0 Å². The molecule has 0 amide bonds. The SMILES string of the molecule is CC1(C(F)(F)F)OC(Cl)(Cl)C(Cl)(Cl)O1. The van der Waals surface area contributed by atoms with E-state index in [-0.39, 0.29) is 0 Å². The summed E-state index contributed by atoms with van der Waals surface area (Å²) in [4.78, 5) is 0. The van der Waals surface area contributed by atoms with Crippen LogP contribution in [0.4, 0.5) is 13.2 Å². The highest BCUT2D eigenvalue weighted by Crippen LogP contribution is 2.58. The van der Waals surface area contributed by atoms with Crippen molar-refractivity contribution in [1.82, 2.24) is 0 Å². The fourth-order valence-corrected chi connectivity index (χ4v) is 1.49. The van der Waals surface area contributed by atoms with E-state index in [1.807, 2.05) is 0 Å². The van der Waals surface area contributed by atoms with Gasteiger partial charge in [0.25, 0.3) is 14.8 Å². The lowest BCUT2D eigenvalue weighted by molar-refractivity contribution is -0.340. The van der Waals surface area contributed by atoms with Crippen LogP contribution in [0.2, 0.25) is 0 Å². The molecule has 0 aromatic rings. The Morgan fingerprint density at radius 1 is 0.929 bits per heavy atom. The molecule has 84 valence electrons. The molecular formula is C5H3Cl4F3O2. The van der Waals surface area contributed by atoms with E-state index in [0.29, 0.717) is 6.92 Å². The first-order valence-electron chi connectivity index (χ1n) is 3.14. The van der Waals surface area contributed by atoms with E-state index in [9.17, 15) is 13.2 Å². The molecule has 1 aliphatic rings. The minimum atomic E-state index is -4.85. The third-order valence-electron chi connectivity index (χ3n) is 1.50. The van der Waals surface area contributed by atoms with Gasteiger partial charge < -0.3 is 9.47 Å². The molecule has 2 nitrogen and oxygen atoms in total. The molecular weight excluding hydrogens is 291 g/mol. The number of hydrogen-bond acceptors (Lipinski definition) is 2. The third-order valence-corrected chi connectivity index (χ3v) is 3.26. The average molecular weight is 294 g/mol. The molecule has 0 aromatic heterocycles. The number of halogens is 7. The largest absolute Gasteiger partial charge is 0.443 e. The van der Waals surface area contributed by atoms with Crippen molar-refractivity contribution in [2.75, 3.05) is 0 Å². The van der Waals surface area contributed by atoms with Gasteiger partial charge in [-0.3, -0.25) is 0 Å². The van der Waals surface area contributed by atoms with Gasteiger partial charge in [-0.2, -0.15) is 13.2 Å². The Morgan fingerprint density at radius 3 is 1.36 bits per heavy atom. The lowest BCUT2D eigenvalue weighted by Gasteiger charge is -2.25. The maximum atomic E-state index is 12.3. The van der Waals surface area contributed by atoms with Crippen molar-refractivity contribution in [3.63, 3.8) is 0 Å². The Morgan fingerprint density at radius 2 is 1.21 bits per heavy atom. The minimum Gasteiger partial charge on any atom is -0.301 e. The van der Waals surface area contributed by atoms with Gasteiger partial charge >= 0.3 is 6.18 Å². The van der Waals surface area contributed by atoms with E-state index in [1.165, 1.54) is 0 Å². The predicted octanol–water partition coefficient (Wildman–Crippen LogP) is 3.57. The van der Waals surface area contributed by atoms with E-state index in [2.05, 4.69) is 9.47 Å². The molecule has 0 aromatic carbocycles. The van der Waals surface area contributed by atoms with Gasteiger partial charge in [0.1, 0.15) is 0 Å². The van der Waals surface area contributed by atoms with Gasteiger partial charge in [0.2, 0.25) is 0 Å². The van der Waals surface area contributed by atoms with Gasteiger partial charge in [-0.1, -0.05) is 46.4 Å². The second-order valence-electron chi connectivity index (χ2n) is 2.68. The molecule has 1 saturated heterocycles. The third kappa shape index (κ3) is 1.90. The zero-order chi connectivity index (χ0) is 11.4. The van der Waals surface area contributed by atoms with Gasteiger partial charge in [-0.05, 0) is 6.92 Å². The number of alkyl halides is 7. The minimum absolute atomic E-state index is 0.568. The van der Waals surface area contributed by atoms with Crippen LogP contribution in [0.1, 0.15) is 6.92 Å². The quantitative estimate of drug-likeness (QED) is 0.636.